The Hall–Kier alpha value is -4.15. The van der Waals surface area contributed by atoms with Gasteiger partial charge < -0.3 is 29.2 Å². The summed E-state index contributed by atoms with van der Waals surface area (Å²) in [6.45, 7) is 19.5. The lowest BCUT2D eigenvalue weighted by Crippen LogP contribution is -2.57. The van der Waals surface area contributed by atoms with Gasteiger partial charge in [0.25, 0.3) is 0 Å². The lowest BCUT2D eigenvalue weighted by Gasteiger charge is -2.36. The zero-order chi connectivity index (χ0) is 36.9. The molecule has 0 radical (unpaired) electrons. The maximum Gasteiger partial charge on any atom is 0.408 e. The fraction of sp³-hybridized carbons (Fsp3) is 0.625. The maximum absolute atomic E-state index is 14.6. The van der Waals surface area contributed by atoms with E-state index in [1.807, 2.05) is 53.7 Å². The number of esters is 1. The highest BCUT2D eigenvalue weighted by molar-refractivity contribution is 5.91. The van der Waals surface area contributed by atoms with Crippen molar-refractivity contribution in [3.63, 3.8) is 0 Å². The van der Waals surface area contributed by atoms with E-state index in [0.29, 0.717) is 39.2 Å². The van der Waals surface area contributed by atoms with Crippen LogP contribution < -0.4 is 14.8 Å². The summed E-state index contributed by atoms with van der Waals surface area (Å²) < 4.78 is 23.7. The molecule has 2 aromatic rings. The molecule has 1 aromatic carbocycles. The number of benzene rings is 1. The topological polar surface area (TPSA) is 129 Å². The molecule has 6 atom stereocenters. The first kappa shape index (κ1) is 36.6. The van der Waals surface area contributed by atoms with E-state index in [2.05, 4.69) is 23.5 Å². The molecule has 6 rings (SSSR count). The van der Waals surface area contributed by atoms with E-state index >= 15 is 0 Å². The smallest absolute Gasteiger partial charge is 0.408 e. The number of unbranched alkanes of at least 4 members (excludes halogenated alkanes) is 1. The van der Waals surface area contributed by atoms with Gasteiger partial charge in [0.1, 0.15) is 35.7 Å². The number of fused-ring (bicyclic) bond motifs is 1. The molecular weight excluding hydrogens is 648 g/mol. The summed E-state index contributed by atoms with van der Waals surface area (Å²) in [5.41, 5.74) is 1.64. The minimum absolute atomic E-state index is 0.0677. The van der Waals surface area contributed by atoms with Crippen LogP contribution in [0.4, 0.5) is 4.79 Å². The lowest BCUT2D eigenvalue weighted by atomic mass is 9.83. The number of nitrogens with one attached hydrogen (secondary N) is 1. The highest BCUT2D eigenvalue weighted by atomic mass is 16.6. The summed E-state index contributed by atoms with van der Waals surface area (Å²) in [6, 6.07) is 3.45. The van der Waals surface area contributed by atoms with Crippen LogP contribution in [0, 0.1) is 34.0 Å². The second kappa shape index (κ2) is 13.8. The van der Waals surface area contributed by atoms with Crippen molar-refractivity contribution in [2.45, 2.75) is 104 Å². The van der Waals surface area contributed by atoms with Gasteiger partial charge in [-0.1, -0.05) is 54.2 Å². The van der Waals surface area contributed by atoms with Gasteiger partial charge in [-0.25, -0.2) is 19.6 Å². The van der Waals surface area contributed by atoms with Crippen molar-refractivity contribution in [1.29, 1.82) is 0 Å². The van der Waals surface area contributed by atoms with Gasteiger partial charge in [-0.2, -0.15) is 0 Å². The average Bonchev–Trinajstić information content (AvgIpc) is 3.80. The number of carbonyl (C=O) groups is 3. The first-order valence-electron chi connectivity index (χ1n) is 18.4. The Morgan fingerprint density at radius 1 is 1.12 bits per heavy atom. The average molecular weight is 703 g/mol. The normalized spacial score (nSPS) is 29.5. The van der Waals surface area contributed by atoms with Crippen molar-refractivity contribution < 1.29 is 33.3 Å². The molecule has 4 fully saturated rings. The molecule has 11 nitrogen and oxygen atoms in total. The minimum atomic E-state index is -0.978. The molecule has 0 bridgehead atoms. The monoisotopic (exact) mass is 702 g/mol. The van der Waals surface area contributed by atoms with E-state index in [-0.39, 0.29) is 31.1 Å². The van der Waals surface area contributed by atoms with Crippen LogP contribution in [-0.4, -0.2) is 77.4 Å². The summed E-state index contributed by atoms with van der Waals surface area (Å²) in [6.07, 6.45) is 8.42. The van der Waals surface area contributed by atoms with Gasteiger partial charge in [-0.05, 0) is 78.9 Å². The number of carbonyl (C=O) groups excluding carboxylic acids is 3. The molecule has 2 amide bonds. The first-order chi connectivity index (χ1) is 24.2. The fourth-order valence-corrected chi connectivity index (χ4v) is 8.66. The molecule has 276 valence electrons. The predicted molar refractivity (Wildman–Crippen MR) is 194 cm³/mol. The van der Waals surface area contributed by atoms with Crippen molar-refractivity contribution in [3.05, 3.63) is 43.1 Å². The summed E-state index contributed by atoms with van der Waals surface area (Å²) in [5.74, 6) is -0.106. The van der Waals surface area contributed by atoms with Gasteiger partial charge in [-0.15, -0.1) is 6.58 Å². The molecule has 51 heavy (non-hydrogen) atoms. The molecule has 0 spiro atoms. The lowest BCUT2D eigenvalue weighted by molar-refractivity contribution is -0.156. The third-order valence-corrected chi connectivity index (χ3v) is 11.6. The Labute approximate surface area is 301 Å². The highest BCUT2D eigenvalue weighted by Gasteiger charge is 2.89. The Bertz CT molecular complexity index is 1690. The van der Waals surface area contributed by atoms with E-state index in [1.54, 1.807) is 25.3 Å². The molecular formula is C40H54N4O7. The highest BCUT2D eigenvalue weighted by Crippen LogP contribution is 2.95. The van der Waals surface area contributed by atoms with Gasteiger partial charge in [0.15, 0.2) is 0 Å². The molecule has 1 aliphatic heterocycles. The van der Waals surface area contributed by atoms with Crippen LogP contribution in [0.2, 0.25) is 0 Å². The van der Waals surface area contributed by atoms with Crippen LogP contribution in [0.3, 0.4) is 0 Å². The van der Waals surface area contributed by atoms with E-state index in [9.17, 15) is 14.4 Å². The molecule has 11 heteroatoms. The van der Waals surface area contributed by atoms with Gasteiger partial charge in [0.05, 0.1) is 31.3 Å². The number of nitrogens with zero attached hydrogens (tertiary/aromatic N) is 3. The zero-order valence-corrected chi connectivity index (χ0v) is 31.2. The predicted octanol–water partition coefficient (Wildman–Crippen LogP) is 6.74. The van der Waals surface area contributed by atoms with Gasteiger partial charge in [0.2, 0.25) is 11.8 Å². The second-order valence-electron chi connectivity index (χ2n) is 16.7. The van der Waals surface area contributed by atoms with E-state index in [0.717, 1.165) is 25.7 Å². The van der Waals surface area contributed by atoms with Gasteiger partial charge >= 0.3 is 12.1 Å². The number of rotatable bonds is 14. The number of allylic oxidation sites excluding steroid dienone is 1. The van der Waals surface area contributed by atoms with Crippen molar-refractivity contribution in [2.75, 3.05) is 20.3 Å². The number of likely N-dealkylation sites (tertiary alicyclic amines) is 1. The van der Waals surface area contributed by atoms with Crippen LogP contribution in [0.1, 0.15) is 85.8 Å². The quantitative estimate of drug-likeness (QED) is 0.129. The third kappa shape index (κ3) is 6.92. The summed E-state index contributed by atoms with van der Waals surface area (Å²) in [5, 5.41) is 2.93. The van der Waals surface area contributed by atoms with Crippen molar-refractivity contribution in [3.8, 4) is 11.6 Å². The number of ether oxygens (including phenoxy) is 4. The number of methoxy groups -OCH3 is 1. The van der Waals surface area contributed by atoms with Crippen LogP contribution >= 0.6 is 0 Å². The van der Waals surface area contributed by atoms with Crippen molar-refractivity contribution in [1.82, 2.24) is 20.2 Å². The van der Waals surface area contributed by atoms with Crippen LogP contribution in [0.25, 0.3) is 17.1 Å². The Morgan fingerprint density at radius 2 is 1.86 bits per heavy atom. The number of hydrogen-bond acceptors (Lipinski definition) is 9. The summed E-state index contributed by atoms with van der Waals surface area (Å²) in [7, 11) is 1.58. The number of aromatic nitrogens is 2. The molecule has 1 N–H and O–H groups in total. The Kier molecular flexibility index (Phi) is 9.89. The van der Waals surface area contributed by atoms with E-state index in [1.165, 1.54) is 17.7 Å². The largest absolute Gasteiger partial charge is 0.497 e. The number of amides is 2. The second-order valence-corrected chi connectivity index (χ2v) is 16.7. The van der Waals surface area contributed by atoms with Gasteiger partial charge in [0, 0.05) is 17.9 Å². The van der Waals surface area contributed by atoms with Crippen LogP contribution in [0.15, 0.2) is 37.4 Å². The molecule has 4 aliphatic rings. The van der Waals surface area contributed by atoms with Crippen molar-refractivity contribution >= 4 is 35.1 Å². The van der Waals surface area contributed by atoms with Crippen molar-refractivity contribution in [2.24, 2.45) is 34.0 Å². The Morgan fingerprint density at radius 3 is 2.51 bits per heavy atom. The SMILES string of the molecule is C=CCCC[C@@H]1[C@@H](OC(=O)N[C@H](C(=O)N2C[C@H](Oc3nc4cc(OC)ccc4nc3C=C)[C@@H](C)[C@H]2C(=O)OCC(C)C)C(C)(C)C)CC23CC12C3. The van der Waals surface area contributed by atoms with Crippen LogP contribution in [-0.2, 0) is 19.1 Å². The number of alkyl carbamates (subject to hydrolysis) is 1. The molecule has 3 saturated carbocycles. The molecule has 3 aliphatic carbocycles. The first-order valence-corrected chi connectivity index (χ1v) is 18.4. The maximum atomic E-state index is 14.6. The summed E-state index contributed by atoms with van der Waals surface area (Å²) in [4.78, 5) is 52.8. The Balaban J connectivity index is 1.22. The zero-order valence-electron chi connectivity index (χ0n) is 31.2. The molecule has 0 unspecified atom stereocenters. The standard InChI is InChI=1S/C40H54N4O7/c1-10-12-13-14-26-30(18-39-21-40(26,39)22-39)51-37(47)43-33(38(6,7)8)35(45)44-19-31(24(5)32(44)36(46)49-20-23(3)4)50-34-27(11-2)41-28-16-15-25(48-9)17-29(28)42-34/h10-11,15-17,23-24,26,30-33H,1-2,12-14,18-22H2,3-9H3,(H,43,47)/t24-,26-,30+,31+,32+,33-,39?,40?/m1/s1. The van der Waals surface area contributed by atoms with Gasteiger partial charge in [-0.3, -0.25) is 4.79 Å². The molecule has 1 saturated heterocycles. The number of hydrogen-bond donors (Lipinski definition) is 1. The fourth-order valence-electron chi connectivity index (χ4n) is 8.66. The van der Waals surface area contributed by atoms with E-state index < -0.39 is 47.5 Å². The third-order valence-electron chi connectivity index (χ3n) is 11.6. The van der Waals surface area contributed by atoms with Crippen LogP contribution in [0.5, 0.6) is 11.6 Å². The van der Waals surface area contributed by atoms with E-state index in [4.69, 9.17) is 23.9 Å². The minimum Gasteiger partial charge on any atom is -0.497 e. The molecule has 2 heterocycles. The molecule has 1 aromatic heterocycles. The summed E-state index contributed by atoms with van der Waals surface area (Å²) >= 11 is 0.